The van der Waals surface area contributed by atoms with Gasteiger partial charge in [-0.2, -0.15) is 0 Å². The van der Waals surface area contributed by atoms with Crippen molar-refractivity contribution in [2.45, 2.75) is 26.3 Å². The van der Waals surface area contributed by atoms with E-state index in [4.69, 9.17) is 5.73 Å². The summed E-state index contributed by atoms with van der Waals surface area (Å²) in [5.74, 6) is 1.61. The predicted octanol–water partition coefficient (Wildman–Crippen LogP) is 1.46. The van der Waals surface area contributed by atoms with Crippen LogP contribution < -0.4 is 11.1 Å². The van der Waals surface area contributed by atoms with Crippen molar-refractivity contribution in [3.8, 4) is 0 Å². The highest BCUT2D eigenvalue weighted by atomic mass is 16.1. The Bertz CT molecular complexity index is 386. The summed E-state index contributed by atoms with van der Waals surface area (Å²) in [7, 11) is 0. The molecule has 1 fully saturated rings. The highest BCUT2D eigenvalue weighted by molar-refractivity contribution is 5.78. The normalized spacial score (nSPS) is 22.2. The first kappa shape index (κ1) is 12.1. The molecule has 2 atom stereocenters. The van der Waals surface area contributed by atoms with E-state index in [0.717, 1.165) is 23.6 Å². The molecule has 0 saturated heterocycles. The van der Waals surface area contributed by atoms with Crippen molar-refractivity contribution in [3.63, 3.8) is 0 Å². The lowest BCUT2D eigenvalue weighted by atomic mass is 10.1. The van der Waals surface area contributed by atoms with Gasteiger partial charge >= 0.3 is 0 Å². The minimum atomic E-state index is 0.115. The fraction of sp³-hybridized carbons (Fsp3) is 0.500. The van der Waals surface area contributed by atoms with Gasteiger partial charge in [0.25, 0.3) is 0 Å². The summed E-state index contributed by atoms with van der Waals surface area (Å²) in [5, 5.41) is 2.99. The molecule has 2 rings (SSSR count). The summed E-state index contributed by atoms with van der Waals surface area (Å²) in [6, 6.07) is 7.90. The quantitative estimate of drug-likeness (QED) is 0.807. The van der Waals surface area contributed by atoms with Gasteiger partial charge in [-0.05, 0) is 29.4 Å². The maximum Gasteiger partial charge on any atom is 0.224 e. The fourth-order valence-corrected chi connectivity index (χ4v) is 1.97. The third kappa shape index (κ3) is 3.56. The van der Waals surface area contributed by atoms with Gasteiger partial charge in [0.1, 0.15) is 0 Å². The van der Waals surface area contributed by atoms with Crippen molar-refractivity contribution in [2.24, 2.45) is 17.6 Å². The first-order chi connectivity index (χ1) is 8.19. The van der Waals surface area contributed by atoms with Crippen molar-refractivity contribution in [2.75, 3.05) is 6.54 Å². The van der Waals surface area contributed by atoms with Gasteiger partial charge in [0, 0.05) is 13.1 Å². The standard InChI is InChI=1S/C14H20N2O/c1-10-6-13(10)9-16-14(17)7-11-2-4-12(8-15)5-3-11/h2-5,10,13H,6-9,15H2,1H3,(H,16,17). The highest BCUT2D eigenvalue weighted by Crippen LogP contribution is 2.36. The number of carbonyl (C=O) groups is 1. The Hall–Kier alpha value is -1.35. The highest BCUT2D eigenvalue weighted by Gasteiger charge is 2.32. The van der Waals surface area contributed by atoms with Crippen molar-refractivity contribution in [1.82, 2.24) is 5.32 Å². The van der Waals surface area contributed by atoms with Gasteiger partial charge in [0.2, 0.25) is 5.91 Å². The Morgan fingerprint density at radius 1 is 1.35 bits per heavy atom. The molecule has 2 unspecified atom stereocenters. The van der Waals surface area contributed by atoms with E-state index >= 15 is 0 Å². The maximum atomic E-state index is 11.7. The smallest absolute Gasteiger partial charge is 0.224 e. The number of hydrogen-bond donors (Lipinski definition) is 2. The zero-order valence-electron chi connectivity index (χ0n) is 10.3. The number of carbonyl (C=O) groups excluding carboxylic acids is 1. The molecule has 0 heterocycles. The van der Waals surface area contributed by atoms with Crippen LogP contribution in [0.25, 0.3) is 0 Å². The van der Waals surface area contributed by atoms with Crippen LogP contribution in [0.1, 0.15) is 24.5 Å². The number of amides is 1. The third-order valence-electron chi connectivity index (χ3n) is 3.46. The molecule has 1 aromatic carbocycles. The molecular weight excluding hydrogens is 212 g/mol. The van der Waals surface area contributed by atoms with Crippen LogP contribution in [0.15, 0.2) is 24.3 Å². The van der Waals surface area contributed by atoms with Gasteiger partial charge in [-0.1, -0.05) is 31.2 Å². The van der Waals surface area contributed by atoms with E-state index in [0.29, 0.717) is 18.9 Å². The molecule has 92 valence electrons. The van der Waals surface area contributed by atoms with Gasteiger partial charge in [-0.15, -0.1) is 0 Å². The van der Waals surface area contributed by atoms with Crippen molar-refractivity contribution in [3.05, 3.63) is 35.4 Å². The molecule has 1 saturated carbocycles. The van der Waals surface area contributed by atoms with E-state index in [2.05, 4.69) is 12.2 Å². The van der Waals surface area contributed by atoms with Gasteiger partial charge < -0.3 is 11.1 Å². The van der Waals surface area contributed by atoms with Crippen LogP contribution in [0, 0.1) is 11.8 Å². The average Bonchev–Trinajstić information content (AvgIpc) is 3.04. The molecule has 3 N–H and O–H groups in total. The van der Waals surface area contributed by atoms with E-state index in [1.807, 2.05) is 24.3 Å². The maximum absolute atomic E-state index is 11.7. The number of rotatable bonds is 5. The Labute approximate surface area is 102 Å². The van der Waals surface area contributed by atoms with Crippen LogP contribution in [0.5, 0.6) is 0 Å². The molecule has 17 heavy (non-hydrogen) atoms. The Morgan fingerprint density at radius 3 is 2.47 bits per heavy atom. The topological polar surface area (TPSA) is 55.1 Å². The predicted molar refractivity (Wildman–Crippen MR) is 68.3 cm³/mol. The first-order valence-electron chi connectivity index (χ1n) is 6.23. The molecule has 3 heteroatoms. The molecule has 0 aliphatic heterocycles. The lowest BCUT2D eigenvalue weighted by Gasteiger charge is -2.05. The van der Waals surface area contributed by atoms with E-state index < -0.39 is 0 Å². The Kier molecular flexibility index (Phi) is 3.79. The SMILES string of the molecule is CC1CC1CNC(=O)Cc1ccc(CN)cc1. The molecule has 1 aliphatic rings. The lowest BCUT2D eigenvalue weighted by Crippen LogP contribution is -2.27. The summed E-state index contributed by atoms with van der Waals surface area (Å²) < 4.78 is 0. The van der Waals surface area contributed by atoms with E-state index in [-0.39, 0.29) is 5.91 Å². The molecule has 0 spiro atoms. The van der Waals surface area contributed by atoms with Crippen LogP contribution in [-0.2, 0) is 17.8 Å². The number of hydrogen-bond acceptors (Lipinski definition) is 2. The zero-order valence-corrected chi connectivity index (χ0v) is 10.3. The molecule has 0 bridgehead atoms. The fourth-order valence-electron chi connectivity index (χ4n) is 1.97. The number of benzene rings is 1. The molecule has 3 nitrogen and oxygen atoms in total. The molecule has 1 aliphatic carbocycles. The molecule has 0 aromatic heterocycles. The summed E-state index contributed by atoms with van der Waals surface area (Å²) >= 11 is 0. The summed E-state index contributed by atoms with van der Waals surface area (Å²) in [6.45, 7) is 3.61. The van der Waals surface area contributed by atoms with Crippen LogP contribution in [0.3, 0.4) is 0 Å². The number of nitrogens with one attached hydrogen (secondary N) is 1. The largest absolute Gasteiger partial charge is 0.356 e. The van der Waals surface area contributed by atoms with Gasteiger partial charge in [-0.3, -0.25) is 4.79 Å². The average molecular weight is 232 g/mol. The molecule has 1 aromatic rings. The second-order valence-electron chi connectivity index (χ2n) is 4.97. The molecule has 0 radical (unpaired) electrons. The second kappa shape index (κ2) is 5.32. The molecule has 1 amide bonds. The zero-order chi connectivity index (χ0) is 12.3. The summed E-state index contributed by atoms with van der Waals surface area (Å²) in [4.78, 5) is 11.7. The van der Waals surface area contributed by atoms with Crippen LogP contribution in [-0.4, -0.2) is 12.5 Å². The van der Waals surface area contributed by atoms with E-state index in [9.17, 15) is 4.79 Å². The van der Waals surface area contributed by atoms with Crippen LogP contribution in [0.4, 0.5) is 0 Å². The van der Waals surface area contributed by atoms with Gasteiger partial charge in [-0.25, -0.2) is 0 Å². The Morgan fingerprint density at radius 2 is 1.94 bits per heavy atom. The lowest BCUT2D eigenvalue weighted by molar-refractivity contribution is -0.120. The van der Waals surface area contributed by atoms with Crippen molar-refractivity contribution in [1.29, 1.82) is 0 Å². The summed E-state index contributed by atoms with van der Waals surface area (Å²) in [6.07, 6.45) is 1.72. The van der Waals surface area contributed by atoms with Crippen molar-refractivity contribution < 1.29 is 4.79 Å². The van der Waals surface area contributed by atoms with Crippen molar-refractivity contribution >= 4 is 5.91 Å². The summed E-state index contributed by atoms with van der Waals surface area (Å²) in [5.41, 5.74) is 7.67. The minimum absolute atomic E-state index is 0.115. The van der Waals surface area contributed by atoms with E-state index in [1.54, 1.807) is 0 Å². The second-order valence-corrected chi connectivity index (χ2v) is 4.97. The van der Waals surface area contributed by atoms with Gasteiger partial charge in [0.15, 0.2) is 0 Å². The Balaban J connectivity index is 1.76. The monoisotopic (exact) mass is 232 g/mol. The first-order valence-corrected chi connectivity index (χ1v) is 6.23. The molecular formula is C14H20N2O. The van der Waals surface area contributed by atoms with Crippen LogP contribution >= 0.6 is 0 Å². The van der Waals surface area contributed by atoms with Gasteiger partial charge in [0.05, 0.1) is 6.42 Å². The minimum Gasteiger partial charge on any atom is -0.356 e. The van der Waals surface area contributed by atoms with Crippen LogP contribution in [0.2, 0.25) is 0 Å². The number of nitrogens with two attached hydrogens (primary N) is 1. The third-order valence-corrected chi connectivity index (χ3v) is 3.46. The van der Waals surface area contributed by atoms with E-state index in [1.165, 1.54) is 6.42 Å².